The van der Waals surface area contributed by atoms with Gasteiger partial charge in [0, 0.05) is 18.1 Å². The highest BCUT2D eigenvalue weighted by Gasteiger charge is 2.28. The standard InChI is InChI=1S/C20H24ClN3O2S/c21-18(16-9-5-2-6-10-16)19(26)24(13-15-7-3-1-4-8-15)14-17(25)23-20-22-11-12-27-20/h2,5-6,9-12,15,18H,1,3-4,7-8,13-14H2,(H,22,23,25). The zero-order chi connectivity index (χ0) is 19.1. The summed E-state index contributed by atoms with van der Waals surface area (Å²) in [4.78, 5) is 31.2. The molecule has 2 amide bonds. The molecule has 7 heteroatoms. The summed E-state index contributed by atoms with van der Waals surface area (Å²) in [6.07, 6.45) is 7.43. The molecule has 0 spiro atoms. The molecule has 0 saturated heterocycles. The van der Waals surface area contributed by atoms with Gasteiger partial charge in [-0.15, -0.1) is 22.9 Å². The number of thiazole rings is 1. The molecule has 1 aliphatic carbocycles. The van der Waals surface area contributed by atoms with Gasteiger partial charge in [0.15, 0.2) is 5.13 Å². The highest BCUT2D eigenvalue weighted by Crippen LogP contribution is 2.27. The van der Waals surface area contributed by atoms with E-state index in [9.17, 15) is 9.59 Å². The smallest absolute Gasteiger partial charge is 0.245 e. The number of nitrogens with one attached hydrogen (secondary N) is 1. The number of carbonyl (C=O) groups excluding carboxylic acids is 2. The Kier molecular flexibility index (Phi) is 7.24. The molecule has 1 heterocycles. The first kappa shape index (κ1) is 19.8. The first-order chi connectivity index (χ1) is 13.1. The molecule has 1 fully saturated rings. The molecule has 1 saturated carbocycles. The summed E-state index contributed by atoms with van der Waals surface area (Å²) in [6.45, 7) is 0.561. The van der Waals surface area contributed by atoms with Crippen LogP contribution in [0.25, 0.3) is 0 Å². The SMILES string of the molecule is O=C(CN(CC1CCCCC1)C(=O)C(Cl)c1ccccc1)Nc1nccs1. The van der Waals surface area contributed by atoms with Crippen LogP contribution in [-0.2, 0) is 9.59 Å². The Labute approximate surface area is 168 Å². The van der Waals surface area contributed by atoms with Crippen LogP contribution in [0.2, 0.25) is 0 Å². The van der Waals surface area contributed by atoms with Crippen LogP contribution in [0.15, 0.2) is 41.9 Å². The van der Waals surface area contributed by atoms with E-state index in [0.29, 0.717) is 17.6 Å². The molecule has 1 N–H and O–H groups in total. The first-order valence-electron chi connectivity index (χ1n) is 9.30. The number of nitrogens with zero attached hydrogens (tertiary/aromatic N) is 2. The Morgan fingerprint density at radius 2 is 1.96 bits per heavy atom. The number of hydrogen-bond acceptors (Lipinski definition) is 4. The molecule has 1 aromatic carbocycles. The van der Waals surface area contributed by atoms with Gasteiger partial charge in [-0.2, -0.15) is 0 Å². The molecule has 3 rings (SSSR count). The summed E-state index contributed by atoms with van der Waals surface area (Å²) in [6, 6.07) is 9.28. The minimum absolute atomic E-state index is 0.00896. The van der Waals surface area contributed by atoms with Gasteiger partial charge in [-0.05, 0) is 24.3 Å². The van der Waals surface area contributed by atoms with E-state index in [1.807, 2.05) is 30.3 Å². The van der Waals surface area contributed by atoms with Crippen molar-refractivity contribution in [2.24, 2.45) is 5.92 Å². The molecule has 2 aromatic rings. The van der Waals surface area contributed by atoms with E-state index < -0.39 is 5.38 Å². The van der Waals surface area contributed by atoms with Crippen molar-refractivity contribution < 1.29 is 9.59 Å². The van der Waals surface area contributed by atoms with Crippen LogP contribution >= 0.6 is 22.9 Å². The molecular formula is C20H24ClN3O2S. The molecule has 0 bridgehead atoms. The monoisotopic (exact) mass is 405 g/mol. The lowest BCUT2D eigenvalue weighted by Gasteiger charge is -2.30. The third kappa shape index (κ3) is 5.78. The maximum atomic E-state index is 13.1. The number of rotatable bonds is 7. The fraction of sp³-hybridized carbons (Fsp3) is 0.450. The van der Waals surface area contributed by atoms with Gasteiger partial charge in [0.2, 0.25) is 11.8 Å². The van der Waals surface area contributed by atoms with Crippen LogP contribution in [0, 0.1) is 5.92 Å². The van der Waals surface area contributed by atoms with Crippen molar-refractivity contribution in [1.29, 1.82) is 0 Å². The maximum Gasteiger partial charge on any atom is 0.245 e. The van der Waals surface area contributed by atoms with Crippen LogP contribution in [0.4, 0.5) is 5.13 Å². The number of benzene rings is 1. The predicted molar refractivity (Wildman–Crippen MR) is 109 cm³/mol. The van der Waals surface area contributed by atoms with Gasteiger partial charge >= 0.3 is 0 Å². The molecule has 144 valence electrons. The van der Waals surface area contributed by atoms with Gasteiger partial charge < -0.3 is 10.2 Å². The molecule has 0 radical (unpaired) electrons. The van der Waals surface area contributed by atoms with Crippen LogP contribution in [0.3, 0.4) is 0 Å². The molecule has 5 nitrogen and oxygen atoms in total. The zero-order valence-electron chi connectivity index (χ0n) is 15.1. The second-order valence-electron chi connectivity index (χ2n) is 6.88. The molecule has 1 aliphatic rings. The van der Waals surface area contributed by atoms with Crippen molar-refractivity contribution in [3.05, 3.63) is 47.5 Å². The average Bonchev–Trinajstić information content (AvgIpc) is 3.20. The van der Waals surface area contributed by atoms with Crippen molar-refractivity contribution in [3.8, 4) is 0 Å². The Morgan fingerprint density at radius 1 is 1.22 bits per heavy atom. The minimum Gasteiger partial charge on any atom is -0.332 e. The summed E-state index contributed by atoms with van der Waals surface area (Å²) in [5, 5.41) is 4.30. The molecule has 1 unspecified atom stereocenters. The zero-order valence-corrected chi connectivity index (χ0v) is 16.7. The fourth-order valence-corrected chi connectivity index (χ4v) is 4.28. The summed E-state index contributed by atoms with van der Waals surface area (Å²) in [5.41, 5.74) is 0.748. The van der Waals surface area contributed by atoms with E-state index in [2.05, 4.69) is 10.3 Å². The van der Waals surface area contributed by atoms with Crippen LogP contribution in [0.5, 0.6) is 0 Å². The second-order valence-corrected chi connectivity index (χ2v) is 8.21. The molecule has 1 atom stereocenters. The van der Waals surface area contributed by atoms with E-state index in [-0.39, 0.29) is 18.4 Å². The molecule has 1 aromatic heterocycles. The van der Waals surface area contributed by atoms with Gasteiger partial charge in [0.1, 0.15) is 5.38 Å². The van der Waals surface area contributed by atoms with Crippen molar-refractivity contribution in [1.82, 2.24) is 9.88 Å². The number of halogens is 1. The van der Waals surface area contributed by atoms with E-state index in [1.165, 1.54) is 30.6 Å². The van der Waals surface area contributed by atoms with Crippen molar-refractivity contribution in [2.75, 3.05) is 18.4 Å². The minimum atomic E-state index is -0.789. The first-order valence-corrected chi connectivity index (χ1v) is 10.6. The van der Waals surface area contributed by atoms with E-state index in [1.54, 1.807) is 16.5 Å². The van der Waals surface area contributed by atoms with Crippen LogP contribution in [-0.4, -0.2) is 34.8 Å². The van der Waals surface area contributed by atoms with Gasteiger partial charge in [-0.25, -0.2) is 4.98 Å². The van der Waals surface area contributed by atoms with Crippen LogP contribution < -0.4 is 5.32 Å². The van der Waals surface area contributed by atoms with Gasteiger partial charge in [-0.1, -0.05) is 49.6 Å². The Balaban J connectivity index is 1.69. The lowest BCUT2D eigenvalue weighted by molar-refractivity contribution is -0.135. The summed E-state index contributed by atoms with van der Waals surface area (Å²) >= 11 is 7.82. The normalized spacial score (nSPS) is 15.9. The third-order valence-electron chi connectivity index (χ3n) is 4.84. The Morgan fingerprint density at radius 3 is 2.63 bits per heavy atom. The second kappa shape index (κ2) is 9.85. The number of alkyl halides is 1. The van der Waals surface area contributed by atoms with E-state index >= 15 is 0 Å². The maximum absolute atomic E-state index is 13.1. The van der Waals surface area contributed by atoms with Gasteiger partial charge in [0.25, 0.3) is 0 Å². The number of aromatic nitrogens is 1. The summed E-state index contributed by atoms with van der Waals surface area (Å²) in [7, 11) is 0. The highest BCUT2D eigenvalue weighted by molar-refractivity contribution is 7.13. The van der Waals surface area contributed by atoms with Crippen molar-refractivity contribution in [3.63, 3.8) is 0 Å². The Hall–Kier alpha value is -1.92. The summed E-state index contributed by atoms with van der Waals surface area (Å²) < 4.78 is 0. The molecule has 0 aliphatic heterocycles. The number of carbonyl (C=O) groups is 2. The third-order valence-corrected chi connectivity index (χ3v) is 5.96. The highest BCUT2D eigenvalue weighted by atomic mass is 35.5. The average molecular weight is 406 g/mol. The number of amides is 2. The van der Waals surface area contributed by atoms with Crippen molar-refractivity contribution in [2.45, 2.75) is 37.5 Å². The van der Waals surface area contributed by atoms with E-state index in [0.717, 1.165) is 18.4 Å². The lowest BCUT2D eigenvalue weighted by atomic mass is 9.89. The molecular weight excluding hydrogens is 382 g/mol. The van der Waals surface area contributed by atoms with Crippen LogP contribution in [0.1, 0.15) is 43.0 Å². The topological polar surface area (TPSA) is 62.3 Å². The number of hydrogen-bond donors (Lipinski definition) is 1. The Bertz CT molecular complexity index is 733. The summed E-state index contributed by atoms with van der Waals surface area (Å²) in [5.74, 6) is -0.0382. The van der Waals surface area contributed by atoms with E-state index in [4.69, 9.17) is 11.6 Å². The predicted octanol–water partition coefficient (Wildman–Crippen LogP) is 4.47. The van der Waals surface area contributed by atoms with Gasteiger partial charge in [-0.3, -0.25) is 9.59 Å². The quantitative estimate of drug-likeness (QED) is 0.691. The molecule has 27 heavy (non-hydrogen) atoms. The van der Waals surface area contributed by atoms with Crippen molar-refractivity contribution >= 4 is 39.9 Å². The number of anilines is 1. The lowest BCUT2D eigenvalue weighted by Crippen LogP contribution is -2.42. The fourth-order valence-electron chi connectivity index (χ4n) is 3.46. The van der Waals surface area contributed by atoms with Gasteiger partial charge in [0.05, 0.1) is 6.54 Å². The largest absolute Gasteiger partial charge is 0.332 e.